The normalized spacial score (nSPS) is 17.6. The van der Waals surface area contributed by atoms with E-state index in [1.807, 2.05) is 18.2 Å². The maximum atomic E-state index is 13.1. The predicted octanol–water partition coefficient (Wildman–Crippen LogP) is 4.03. The molecule has 3 aromatic rings. The van der Waals surface area contributed by atoms with E-state index < -0.39 is 23.4 Å². The van der Waals surface area contributed by atoms with Gasteiger partial charge >= 0.3 is 6.03 Å². The molecular weight excluding hydrogens is 458 g/mol. The number of amides is 4. The molecule has 0 aliphatic carbocycles. The van der Waals surface area contributed by atoms with Crippen LogP contribution in [-0.2, 0) is 21.7 Å². The minimum atomic E-state index is -1.27. The predicted molar refractivity (Wildman–Crippen MR) is 126 cm³/mol. The number of carbonyl (C=O) groups is 3. The maximum absolute atomic E-state index is 13.1. The zero-order chi connectivity index (χ0) is 24.5. The minimum Gasteiger partial charge on any atom is -0.497 e. The van der Waals surface area contributed by atoms with E-state index in [9.17, 15) is 14.4 Å². The molecule has 1 atom stereocenters. The van der Waals surface area contributed by atoms with E-state index in [0.717, 1.165) is 10.5 Å². The average molecular weight is 482 g/mol. The van der Waals surface area contributed by atoms with Crippen molar-refractivity contribution in [2.75, 3.05) is 20.7 Å². The largest absolute Gasteiger partial charge is 0.497 e. The maximum Gasteiger partial charge on any atom is 0.325 e. The van der Waals surface area contributed by atoms with Crippen molar-refractivity contribution in [3.05, 3.63) is 77.0 Å². The van der Waals surface area contributed by atoms with Crippen molar-refractivity contribution in [3.8, 4) is 17.1 Å². The van der Waals surface area contributed by atoms with Gasteiger partial charge in [0.15, 0.2) is 0 Å². The Hall–Kier alpha value is -3.78. The second kappa shape index (κ2) is 9.23. The van der Waals surface area contributed by atoms with Crippen LogP contribution in [0.25, 0.3) is 11.3 Å². The summed E-state index contributed by atoms with van der Waals surface area (Å²) in [5, 5.41) is 3.33. The van der Waals surface area contributed by atoms with Crippen LogP contribution >= 0.6 is 11.6 Å². The smallest absolute Gasteiger partial charge is 0.325 e. The van der Waals surface area contributed by atoms with Gasteiger partial charge in [0, 0.05) is 17.6 Å². The lowest BCUT2D eigenvalue weighted by Gasteiger charge is -2.23. The highest BCUT2D eigenvalue weighted by Crippen LogP contribution is 2.30. The molecule has 1 N–H and O–H groups in total. The summed E-state index contributed by atoms with van der Waals surface area (Å²) in [7, 11) is 3.14. The van der Waals surface area contributed by atoms with E-state index >= 15 is 0 Å². The number of ether oxygens (including phenoxy) is 1. The van der Waals surface area contributed by atoms with Gasteiger partial charge in [0.1, 0.15) is 29.4 Å². The van der Waals surface area contributed by atoms with Gasteiger partial charge in [-0.25, -0.2) is 4.79 Å². The molecular formula is C25H24ClN3O5. The molecule has 0 spiro atoms. The summed E-state index contributed by atoms with van der Waals surface area (Å²) in [4.78, 5) is 40.8. The van der Waals surface area contributed by atoms with Crippen LogP contribution < -0.4 is 10.1 Å². The molecule has 176 valence electrons. The number of likely N-dealkylation sites (N-methyl/N-ethyl adjacent to an activating group) is 1. The quantitative estimate of drug-likeness (QED) is 0.514. The van der Waals surface area contributed by atoms with Gasteiger partial charge in [0.2, 0.25) is 5.91 Å². The SMILES string of the molecule is COc1ccc(C2(C)NC(=O)N(CC(=O)N(C)Cc3ccc(-c4ccc(Cl)cc4)o3)C2=O)cc1. The first-order valence-corrected chi connectivity index (χ1v) is 11.0. The third-order valence-electron chi connectivity index (χ3n) is 5.84. The molecule has 9 heteroatoms. The molecule has 4 amide bonds. The number of methoxy groups -OCH3 is 1. The van der Waals surface area contributed by atoms with Crippen molar-refractivity contribution in [1.82, 2.24) is 15.1 Å². The highest BCUT2D eigenvalue weighted by molar-refractivity contribution is 6.30. The molecule has 0 saturated carbocycles. The van der Waals surface area contributed by atoms with Crippen LogP contribution in [0.2, 0.25) is 5.02 Å². The van der Waals surface area contributed by atoms with E-state index in [0.29, 0.717) is 27.9 Å². The van der Waals surface area contributed by atoms with Gasteiger partial charge in [-0.05, 0) is 61.0 Å². The molecule has 1 aliphatic rings. The van der Waals surface area contributed by atoms with E-state index in [4.69, 9.17) is 20.8 Å². The Morgan fingerprint density at radius 2 is 1.76 bits per heavy atom. The summed E-state index contributed by atoms with van der Waals surface area (Å²) in [5.41, 5.74) is 0.193. The first kappa shape index (κ1) is 23.4. The number of hydrogen-bond acceptors (Lipinski definition) is 5. The number of benzene rings is 2. The molecule has 1 aromatic heterocycles. The molecule has 8 nitrogen and oxygen atoms in total. The molecule has 1 fully saturated rings. The lowest BCUT2D eigenvalue weighted by Crippen LogP contribution is -2.43. The number of nitrogens with zero attached hydrogens (tertiary/aromatic N) is 2. The van der Waals surface area contributed by atoms with Gasteiger partial charge in [-0.2, -0.15) is 0 Å². The molecule has 2 aromatic carbocycles. The Balaban J connectivity index is 1.41. The first-order valence-electron chi connectivity index (χ1n) is 10.6. The second-order valence-electron chi connectivity index (χ2n) is 8.20. The van der Waals surface area contributed by atoms with Crippen LogP contribution in [0.5, 0.6) is 5.75 Å². The topological polar surface area (TPSA) is 92.1 Å². The van der Waals surface area contributed by atoms with Gasteiger partial charge in [-0.1, -0.05) is 23.7 Å². The summed E-state index contributed by atoms with van der Waals surface area (Å²) in [5.74, 6) is 0.965. The third kappa shape index (κ3) is 4.49. The number of carbonyl (C=O) groups excluding carboxylic acids is 3. The molecule has 2 heterocycles. The summed E-state index contributed by atoms with van der Waals surface area (Å²) < 4.78 is 11.0. The Bertz CT molecular complexity index is 1220. The monoisotopic (exact) mass is 481 g/mol. The zero-order valence-electron chi connectivity index (χ0n) is 19.0. The Labute approximate surface area is 202 Å². The fourth-order valence-corrected chi connectivity index (χ4v) is 3.90. The average Bonchev–Trinajstić information content (AvgIpc) is 3.38. The van der Waals surface area contributed by atoms with E-state index in [1.54, 1.807) is 63.5 Å². The molecule has 0 bridgehead atoms. The highest BCUT2D eigenvalue weighted by Gasteiger charge is 2.49. The standard InChI is InChI=1S/C25H24ClN3O5/c1-25(17-6-10-19(33-3)11-7-17)23(31)29(24(32)27-25)15-22(30)28(2)14-20-12-13-21(34-20)16-4-8-18(26)9-5-16/h4-13H,14-15H2,1-3H3,(H,27,32). The second-order valence-corrected chi connectivity index (χ2v) is 8.63. The molecule has 4 rings (SSSR count). The van der Waals surface area contributed by atoms with Crippen LogP contribution in [0, 0.1) is 0 Å². The summed E-state index contributed by atoms with van der Waals surface area (Å²) in [6.07, 6.45) is 0. The van der Waals surface area contributed by atoms with Crippen molar-refractivity contribution in [3.63, 3.8) is 0 Å². The van der Waals surface area contributed by atoms with Crippen LogP contribution in [0.15, 0.2) is 65.1 Å². The molecule has 1 saturated heterocycles. The number of urea groups is 1. The van der Waals surface area contributed by atoms with Crippen molar-refractivity contribution in [2.24, 2.45) is 0 Å². The van der Waals surface area contributed by atoms with Crippen LogP contribution in [0.3, 0.4) is 0 Å². The van der Waals surface area contributed by atoms with E-state index in [-0.39, 0.29) is 13.1 Å². The zero-order valence-corrected chi connectivity index (χ0v) is 19.8. The third-order valence-corrected chi connectivity index (χ3v) is 6.10. The number of rotatable bonds is 7. The van der Waals surface area contributed by atoms with Gasteiger partial charge < -0.3 is 19.4 Å². The van der Waals surface area contributed by atoms with Gasteiger partial charge in [0.05, 0.1) is 13.7 Å². The number of furan rings is 1. The summed E-state index contributed by atoms with van der Waals surface area (Å²) >= 11 is 5.93. The van der Waals surface area contributed by atoms with Crippen LogP contribution in [-0.4, -0.2) is 48.3 Å². The molecule has 0 radical (unpaired) electrons. The van der Waals surface area contributed by atoms with Crippen LogP contribution in [0.4, 0.5) is 4.79 Å². The fourth-order valence-electron chi connectivity index (χ4n) is 3.77. The fraction of sp³-hybridized carbons (Fsp3) is 0.240. The Kier molecular flexibility index (Phi) is 6.34. The Morgan fingerprint density at radius 1 is 1.09 bits per heavy atom. The number of nitrogens with one attached hydrogen (secondary N) is 1. The lowest BCUT2D eigenvalue weighted by molar-refractivity contribution is -0.138. The first-order chi connectivity index (χ1) is 16.2. The number of hydrogen-bond donors (Lipinski definition) is 1. The number of halogens is 1. The molecule has 1 unspecified atom stereocenters. The van der Waals surface area contributed by atoms with Crippen molar-refractivity contribution >= 4 is 29.4 Å². The molecule has 1 aliphatic heterocycles. The van der Waals surface area contributed by atoms with Gasteiger partial charge in [0.25, 0.3) is 5.91 Å². The van der Waals surface area contributed by atoms with E-state index in [1.165, 1.54) is 4.90 Å². The Morgan fingerprint density at radius 3 is 2.41 bits per heavy atom. The highest BCUT2D eigenvalue weighted by atomic mass is 35.5. The van der Waals surface area contributed by atoms with Crippen molar-refractivity contribution < 1.29 is 23.5 Å². The van der Waals surface area contributed by atoms with E-state index in [2.05, 4.69) is 5.32 Å². The number of imide groups is 1. The summed E-state index contributed by atoms with van der Waals surface area (Å²) in [6, 6.07) is 17.1. The van der Waals surface area contributed by atoms with Crippen molar-refractivity contribution in [1.29, 1.82) is 0 Å². The van der Waals surface area contributed by atoms with Crippen molar-refractivity contribution in [2.45, 2.75) is 19.0 Å². The van der Waals surface area contributed by atoms with Gasteiger partial charge in [-0.15, -0.1) is 0 Å². The summed E-state index contributed by atoms with van der Waals surface area (Å²) in [6.45, 7) is 1.42. The minimum absolute atomic E-state index is 0.186. The molecule has 34 heavy (non-hydrogen) atoms. The van der Waals surface area contributed by atoms with Gasteiger partial charge in [-0.3, -0.25) is 14.5 Å². The van der Waals surface area contributed by atoms with Crippen LogP contribution in [0.1, 0.15) is 18.2 Å². The lowest BCUT2D eigenvalue weighted by atomic mass is 9.92.